The molecule has 0 aromatic heterocycles. The van der Waals surface area contributed by atoms with Gasteiger partial charge in [0.05, 0.1) is 0 Å². The summed E-state index contributed by atoms with van der Waals surface area (Å²) in [4.78, 5) is 2.74. The molecule has 1 saturated carbocycles. The van der Waals surface area contributed by atoms with E-state index in [0.717, 1.165) is 31.0 Å². The zero-order chi connectivity index (χ0) is 14.5. The van der Waals surface area contributed by atoms with Crippen LogP contribution < -0.4 is 5.73 Å². The molecule has 0 spiro atoms. The molecule has 1 fully saturated rings. The predicted octanol–water partition coefficient (Wildman–Crippen LogP) is 3.90. The van der Waals surface area contributed by atoms with E-state index in [0.29, 0.717) is 0 Å². The molecule has 2 nitrogen and oxygen atoms in total. The molecule has 2 heteroatoms. The lowest BCUT2D eigenvalue weighted by Gasteiger charge is -2.42. The molecule has 0 aliphatic heterocycles. The maximum atomic E-state index is 5.93. The Morgan fingerprint density at radius 1 is 1.26 bits per heavy atom. The van der Waals surface area contributed by atoms with Crippen LogP contribution in [0.25, 0.3) is 0 Å². The van der Waals surface area contributed by atoms with Crippen LogP contribution in [0.5, 0.6) is 0 Å². The smallest absolute Gasteiger partial charge is 0.00982 e. The van der Waals surface area contributed by atoms with Gasteiger partial charge in [0, 0.05) is 12.6 Å². The highest BCUT2D eigenvalue weighted by molar-refractivity contribution is 4.85. The normalized spacial score (nSPS) is 25.3. The Labute approximate surface area is 121 Å². The lowest BCUT2D eigenvalue weighted by Crippen LogP contribution is -2.46. The minimum atomic E-state index is 0.250. The number of rotatable bonds is 7. The SMILES string of the molecule is CCCN(CC(C)(C)CN)C1CCCC(C(C)C)C1. The maximum Gasteiger partial charge on any atom is 0.00982 e. The van der Waals surface area contributed by atoms with Crippen molar-refractivity contribution in [3.8, 4) is 0 Å². The molecule has 0 saturated heterocycles. The fourth-order valence-corrected chi connectivity index (χ4v) is 3.43. The summed E-state index contributed by atoms with van der Waals surface area (Å²) in [5.41, 5.74) is 6.18. The van der Waals surface area contributed by atoms with Crippen molar-refractivity contribution in [2.75, 3.05) is 19.6 Å². The molecule has 1 aliphatic carbocycles. The highest BCUT2D eigenvalue weighted by Crippen LogP contribution is 2.33. The largest absolute Gasteiger partial charge is 0.330 e. The first-order valence-electron chi connectivity index (χ1n) is 8.33. The average Bonchev–Trinajstić information content (AvgIpc) is 2.38. The van der Waals surface area contributed by atoms with Crippen molar-refractivity contribution in [3.63, 3.8) is 0 Å². The Bertz CT molecular complexity index is 248. The zero-order valence-electron chi connectivity index (χ0n) is 13.9. The van der Waals surface area contributed by atoms with Crippen molar-refractivity contribution < 1.29 is 0 Å². The van der Waals surface area contributed by atoms with Crippen LogP contribution in [0, 0.1) is 17.3 Å². The molecule has 19 heavy (non-hydrogen) atoms. The van der Waals surface area contributed by atoms with Crippen molar-refractivity contribution in [2.24, 2.45) is 23.0 Å². The summed E-state index contributed by atoms with van der Waals surface area (Å²) in [6, 6.07) is 0.798. The van der Waals surface area contributed by atoms with Crippen LogP contribution in [0.2, 0.25) is 0 Å². The first kappa shape index (κ1) is 17.0. The van der Waals surface area contributed by atoms with Crippen LogP contribution in [-0.4, -0.2) is 30.6 Å². The van der Waals surface area contributed by atoms with E-state index in [9.17, 15) is 0 Å². The molecule has 2 atom stereocenters. The van der Waals surface area contributed by atoms with E-state index < -0.39 is 0 Å². The van der Waals surface area contributed by atoms with Crippen LogP contribution >= 0.6 is 0 Å². The van der Waals surface area contributed by atoms with E-state index in [1.807, 2.05) is 0 Å². The molecule has 0 bridgehead atoms. The van der Waals surface area contributed by atoms with Crippen LogP contribution in [0.4, 0.5) is 0 Å². The summed E-state index contributed by atoms with van der Waals surface area (Å²) in [6.45, 7) is 14.9. The molecule has 0 amide bonds. The van der Waals surface area contributed by atoms with Gasteiger partial charge in [-0.3, -0.25) is 4.90 Å². The van der Waals surface area contributed by atoms with Gasteiger partial charge in [0.25, 0.3) is 0 Å². The Morgan fingerprint density at radius 2 is 1.95 bits per heavy atom. The fraction of sp³-hybridized carbons (Fsp3) is 1.00. The molecule has 114 valence electrons. The van der Waals surface area contributed by atoms with Crippen molar-refractivity contribution in [2.45, 2.75) is 72.8 Å². The van der Waals surface area contributed by atoms with Crippen molar-refractivity contribution in [1.29, 1.82) is 0 Å². The highest BCUT2D eigenvalue weighted by atomic mass is 15.2. The summed E-state index contributed by atoms with van der Waals surface area (Å²) in [5, 5.41) is 0. The molecular weight excluding hydrogens is 232 g/mol. The van der Waals surface area contributed by atoms with Gasteiger partial charge in [-0.2, -0.15) is 0 Å². The summed E-state index contributed by atoms with van der Waals surface area (Å²) in [6.07, 6.45) is 6.90. The van der Waals surface area contributed by atoms with E-state index in [2.05, 4.69) is 39.5 Å². The van der Waals surface area contributed by atoms with Crippen LogP contribution in [0.15, 0.2) is 0 Å². The van der Waals surface area contributed by atoms with Crippen LogP contribution in [-0.2, 0) is 0 Å². The second kappa shape index (κ2) is 7.64. The Morgan fingerprint density at radius 3 is 2.47 bits per heavy atom. The van der Waals surface area contributed by atoms with Crippen LogP contribution in [0.1, 0.15) is 66.7 Å². The number of hydrogen-bond acceptors (Lipinski definition) is 2. The monoisotopic (exact) mass is 268 g/mol. The van der Waals surface area contributed by atoms with Gasteiger partial charge in [0.15, 0.2) is 0 Å². The van der Waals surface area contributed by atoms with E-state index in [-0.39, 0.29) is 5.41 Å². The molecule has 1 rings (SSSR count). The molecule has 1 aliphatic rings. The Balaban J connectivity index is 2.64. The lowest BCUT2D eigenvalue weighted by atomic mass is 9.78. The first-order chi connectivity index (χ1) is 8.89. The van der Waals surface area contributed by atoms with E-state index in [1.54, 1.807) is 0 Å². The quantitative estimate of drug-likeness (QED) is 0.759. The molecule has 0 aromatic carbocycles. The third-order valence-electron chi connectivity index (χ3n) is 4.84. The lowest BCUT2D eigenvalue weighted by molar-refractivity contribution is 0.0797. The van der Waals surface area contributed by atoms with Gasteiger partial charge in [-0.25, -0.2) is 0 Å². The van der Waals surface area contributed by atoms with Crippen molar-refractivity contribution in [3.05, 3.63) is 0 Å². The number of nitrogens with two attached hydrogens (primary N) is 1. The predicted molar refractivity (Wildman–Crippen MR) is 85.3 cm³/mol. The summed E-state index contributed by atoms with van der Waals surface area (Å²) in [5.74, 6) is 1.77. The summed E-state index contributed by atoms with van der Waals surface area (Å²) in [7, 11) is 0. The topological polar surface area (TPSA) is 29.3 Å². The first-order valence-corrected chi connectivity index (χ1v) is 8.33. The van der Waals surface area contributed by atoms with E-state index in [1.165, 1.54) is 38.6 Å². The third kappa shape index (κ3) is 5.43. The second-order valence-corrected chi connectivity index (χ2v) is 7.66. The number of nitrogens with zero attached hydrogens (tertiary/aromatic N) is 1. The maximum absolute atomic E-state index is 5.93. The Hall–Kier alpha value is -0.0800. The van der Waals surface area contributed by atoms with Gasteiger partial charge in [0.2, 0.25) is 0 Å². The minimum Gasteiger partial charge on any atom is -0.330 e. The molecular formula is C17H36N2. The average molecular weight is 268 g/mol. The van der Waals surface area contributed by atoms with Gasteiger partial charge in [-0.05, 0) is 49.6 Å². The molecule has 0 heterocycles. The van der Waals surface area contributed by atoms with Crippen molar-refractivity contribution in [1.82, 2.24) is 4.90 Å². The van der Waals surface area contributed by atoms with E-state index >= 15 is 0 Å². The molecule has 2 N–H and O–H groups in total. The van der Waals surface area contributed by atoms with Gasteiger partial charge in [0.1, 0.15) is 0 Å². The second-order valence-electron chi connectivity index (χ2n) is 7.66. The third-order valence-corrected chi connectivity index (χ3v) is 4.84. The van der Waals surface area contributed by atoms with Crippen LogP contribution in [0.3, 0.4) is 0 Å². The van der Waals surface area contributed by atoms with Gasteiger partial charge < -0.3 is 5.73 Å². The Kier molecular flexibility index (Phi) is 6.82. The van der Waals surface area contributed by atoms with Gasteiger partial charge >= 0.3 is 0 Å². The number of hydrogen-bond donors (Lipinski definition) is 1. The van der Waals surface area contributed by atoms with Gasteiger partial charge in [-0.15, -0.1) is 0 Å². The minimum absolute atomic E-state index is 0.250. The standard InChI is InChI=1S/C17H36N2/c1-6-10-19(13-17(4,5)12-18)16-9-7-8-15(11-16)14(2)3/h14-16H,6-13,18H2,1-5H3. The van der Waals surface area contributed by atoms with Gasteiger partial charge in [-0.1, -0.05) is 47.5 Å². The summed E-state index contributed by atoms with van der Waals surface area (Å²) >= 11 is 0. The van der Waals surface area contributed by atoms with E-state index in [4.69, 9.17) is 5.73 Å². The molecule has 0 aromatic rings. The molecule has 2 unspecified atom stereocenters. The molecule has 0 radical (unpaired) electrons. The fourth-order valence-electron chi connectivity index (χ4n) is 3.43. The highest BCUT2D eigenvalue weighted by Gasteiger charge is 2.30. The zero-order valence-corrected chi connectivity index (χ0v) is 13.9. The summed E-state index contributed by atoms with van der Waals surface area (Å²) < 4.78 is 0. The van der Waals surface area contributed by atoms with Crippen molar-refractivity contribution >= 4 is 0 Å².